The molecule has 7 heteroatoms. The van der Waals surface area contributed by atoms with E-state index in [0.29, 0.717) is 18.7 Å². The summed E-state index contributed by atoms with van der Waals surface area (Å²) < 4.78 is 33.3. The second-order valence-electron chi connectivity index (χ2n) is 7.84. The Labute approximate surface area is 188 Å². The largest absolute Gasteiger partial charge is 0.484 e. The van der Waals surface area contributed by atoms with Gasteiger partial charge in [-0.05, 0) is 61.2 Å². The van der Waals surface area contributed by atoms with Gasteiger partial charge in [-0.2, -0.15) is 0 Å². The quantitative estimate of drug-likeness (QED) is 0.569. The summed E-state index contributed by atoms with van der Waals surface area (Å²) in [5.74, 6) is 0.323. The SMILES string of the molecule is C[C@H]1Cc2ccccc2N1C(=O)COc1ccc(S(=O)(=O)NCCc2ccccc2)cc1. The van der Waals surface area contributed by atoms with E-state index in [2.05, 4.69) is 4.72 Å². The van der Waals surface area contributed by atoms with Gasteiger partial charge in [-0.3, -0.25) is 4.79 Å². The van der Waals surface area contributed by atoms with E-state index in [9.17, 15) is 13.2 Å². The Morgan fingerprint density at radius 2 is 1.69 bits per heavy atom. The third-order valence-corrected chi connectivity index (χ3v) is 7.00. The number of fused-ring (bicyclic) bond motifs is 1. The topological polar surface area (TPSA) is 75.7 Å². The van der Waals surface area contributed by atoms with Gasteiger partial charge in [-0.15, -0.1) is 0 Å². The van der Waals surface area contributed by atoms with Gasteiger partial charge in [0.05, 0.1) is 4.90 Å². The average molecular weight is 451 g/mol. The highest BCUT2D eigenvalue weighted by molar-refractivity contribution is 7.89. The molecule has 1 aliphatic rings. The van der Waals surface area contributed by atoms with Crippen molar-refractivity contribution in [3.8, 4) is 5.75 Å². The number of ether oxygens (including phenoxy) is 1. The zero-order chi connectivity index (χ0) is 22.6. The normalized spacial score (nSPS) is 15.4. The van der Waals surface area contributed by atoms with E-state index in [0.717, 1.165) is 23.2 Å². The van der Waals surface area contributed by atoms with E-state index < -0.39 is 10.0 Å². The van der Waals surface area contributed by atoms with Crippen LogP contribution in [0.4, 0.5) is 5.69 Å². The maximum atomic E-state index is 12.7. The number of sulfonamides is 1. The number of carbonyl (C=O) groups excluding carboxylic acids is 1. The molecule has 1 heterocycles. The van der Waals surface area contributed by atoms with Crippen molar-refractivity contribution in [1.82, 2.24) is 4.72 Å². The van der Waals surface area contributed by atoms with Crippen molar-refractivity contribution >= 4 is 21.6 Å². The zero-order valence-electron chi connectivity index (χ0n) is 17.9. The lowest BCUT2D eigenvalue weighted by molar-refractivity contribution is -0.120. The Morgan fingerprint density at radius 1 is 1.00 bits per heavy atom. The van der Waals surface area contributed by atoms with E-state index in [-0.39, 0.29) is 23.5 Å². The van der Waals surface area contributed by atoms with Gasteiger partial charge in [0.1, 0.15) is 5.75 Å². The number of anilines is 1. The summed E-state index contributed by atoms with van der Waals surface area (Å²) in [6.45, 7) is 2.22. The van der Waals surface area contributed by atoms with Crippen LogP contribution in [0.2, 0.25) is 0 Å². The fourth-order valence-electron chi connectivity index (χ4n) is 3.93. The Bertz CT molecular complexity index is 1180. The predicted octanol–water partition coefficient (Wildman–Crippen LogP) is 3.56. The number of para-hydroxylation sites is 1. The van der Waals surface area contributed by atoms with Crippen LogP contribution in [0.25, 0.3) is 0 Å². The van der Waals surface area contributed by atoms with Crippen molar-refractivity contribution in [2.75, 3.05) is 18.1 Å². The molecule has 4 rings (SSSR count). The first-order valence-corrected chi connectivity index (χ1v) is 12.1. The molecule has 166 valence electrons. The van der Waals surface area contributed by atoms with Crippen LogP contribution in [0.1, 0.15) is 18.1 Å². The van der Waals surface area contributed by atoms with Gasteiger partial charge in [0, 0.05) is 18.3 Å². The van der Waals surface area contributed by atoms with E-state index in [1.165, 1.54) is 12.1 Å². The van der Waals surface area contributed by atoms with Gasteiger partial charge in [0.25, 0.3) is 5.91 Å². The van der Waals surface area contributed by atoms with Crippen molar-refractivity contribution in [2.24, 2.45) is 0 Å². The van der Waals surface area contributed by atoms with Gasteiger partial charge in [0.15, 0.2) is 6.61 Å². The lowest BCUT2D eigenvalue weighted by atomic mass is 10.1. The second-order valence-corrected chi connectivity index (χ2v) is 9.61. The molecule has 0 aromatic heterocycles. The highest BCUT2D eigenvalue weighted by Gasteiger charge is 2.30. The number of amides is 1. The van der Waals surface area contributed by atoms with Gasteiger partial charge >= 0.3 is 0 Å². The van der Waals surface area contributed by atoms with E-state index >= 15 is 0 Å². The number of hydrogen-bond donors (Lipinski definition) is 1. The van der Waals surface area contributed by atoms with Gasteiger partial charge in [0.2, 0.25) is 10.0 Å². The molecule has 0 bridgehead atoms. The summed E-state index contributed by atoms with van der Waals surface area (Å²) in [5, 5.41) is 0. The highest BCUT2D eigenvalue weighted by Crippen LogP contribution is 2.31. The van der Waals surface area contributed by atoms with Crippen molar-refractivity contribution in [2.45, 2.75) is 30.7 Å². The molecule has 1 amide bonds. The highest BCUT2D eigenvalue weighted by atomic mass is 32.2. The maximum Gasteiger partial charge on any atom is 0.265 e. The number of nitrogens with zero attached hydrogens (tertiary/aromatic N) is 1. The molecular formula is C25H26N2O4S. The number of carbonyl (C=O) groups is 1. The first kappa shape index (κ1) is 22.0. The van der Waals surface area contributed by atoms with Crippen molar-refractivity contribution < 1.29 is 17.9 Å². The van der Waals surface area contributed by atoms with E-state index in [1.807, 2.05) is 61.5 Å². The molecule has 0 saturated carbocycles. The van der Waals surface area contributed by atoms with Gasteiger partial charge in [-0.1, -0.05) is 48.5 Å². The van der Waals surface area contributed by atoms with Crippen molar-refractivity contribution in [3.05, 3.63) is 90.0 Å². The summed E-state index contributed by atoms with van der Waals surface area (Å²) in [6.07, 6.45) is 1.44. The third-order valence-electron chi connectivity index (χ3n) is 5.52. The minimum Gasteiger partial charge on any atom is -0.484 e. The summed E-state index contributed by atoms with van der Waals surface area (Å²) in [4.78, 5) is 14.7. The lowest BCUT2D eigenvalue weighted by Gasteiger charge is -2.22. The molecule has 32 heavy (non-hydrogen) atoms. The van der Waals surface area contributed by atoms with Crippen molar-refractivity contribution in [1.29, 1.82) is 0 Å². The molecule has 1 aliphatic heterocycles. The Morgan fingerprint density at radius 3 is 2.44 bits per heavy atom. The standard InChI is InChI=1S/C25H26N2O4S/c1-19-17-21-9-5-6-10-24(21)27(19)25(28)18-31-22-11-13-23(14-12-22)32(29,30)26-16-15-20-7-3-2-4-8-20/h2-14,19,26H,15-18H2,1H3/t19-/m0/s1. The lowest BCUT2D eigenvalue weighted by Crippen LogP contribution is -2.39. The fourth-order valence-corrected chi connectivity index (χ4v) is 4.96. The molecule has 0 fully saturated rings. The minimum atomic E-state index is -3.61. The molecule has 3 aromatic rings. The molecule has 0 spiro atoms. The van der Waals surface area contributed by atoms with Crippen LogP contribution in [0.3, 0.4) is 0 Å². The number of nitrogens with one attached hydrogen (secondary N) is 1. The number of rotatable bonds is 8. The summed E-state index contributed by atoms with van der Waals surface area (Å²) >= 11 is 0. The van der Waals surface area contributed by atoms with Crippen LogP contribution in [-0.2, 0) is 27.7 Å². The molecule has 0 unspecified atom stereocenters. The summed E-state index contributed by atoms with van der Waals surface area (Å²) in [5.41, 5.74) is 3.15. The number of hydrogen-bond acceptors (Lipinski definition) is 4. The smallest absolute Gasteiger partial charge is 0.265 e. The summed E-state index contributed by atoms with van der Waals surface area (Å²) in [6, 6.07) is 23.8. The molecule has 0 aliphatic carbocycles. The van der Waals surface area contributed by atoms with Crippen molar-refractivity contribution in [3.63, 3.8) is 0 Å². The van der Waals surface area contributed by atoms with Crippen LogP contribution in [-0.4, -0.2) is 33.5 Å². The molecule has 0 radical (unpaired) electrons. The van der Waals surface area contributed by atoms with Gasteiger partial charge in [-0.25, -0.2) is 13.1 Å². The molecular weight excluding hydrogens is 424 g/mol. The first-order valence-electron chi connectivity index (χ1n) is 10.6. The van der Waals surface area contributed by atoms with E-state index in [1.54, 1.807) is 17.0 Å². The van der Waals surface area contributed by atoms with E-state index in [4.69, 9.17) is 4.74 Å². The molecule has 1 atom stereocenters. The minimum absolute atomic E-state index is 0.0815. The summed E-state index contributed by atoms with van der Waals surface area (Å²) in [7, 11) is -3.61. The maximum absolute atomic E-state index is 12.7. The molecule has 1 N–H and O–H groups in total. The third kappa shape index (κ3) is 5.00. The number of benzene rings is 3. The first-order chi connectivity index (χ1) is 15.4. The van der Waals surface area contributed by atoms with Crippen LogP contribution in [0.5, 0.6) is 5.75 Å². The van der Waals surface area contributed by atoms with Crippen LogP contribution in [0, 0.1) is 0 Å². The zero-order valence-corrected chi connectivity index (χ0v) is 18.7. The Balaban J connectivity index is 1.32. The fraction of sp³-hybridized carbons (Fsp3) is 0.240. The van der Waals surface area contributed by atoms with Crippen LogP contribution < -0.4 is 14.4 Å². The van der Waals surface area contributed by atoms with Gasteiger partial charge < -0.3 is 9.64 Å². The molecule has 6 nitrogen and oxygen atoms in total. The predicted molar refractivity (Wildman–Crippen MR) is 124 cm³/mol. The monoisotopic (exact) mass is 450 g/mol. The Hall–Kier alpha value is -3.16. The van der Waals surface area contributed by atoms with Crippen LogP contribution >= 0.6 is 0 Å². The molecule has 3 aromatic carbocycles. The Kier molecular flexibility index (Phi) is 6.58. The average Bonchev–Trinajstić information content (AvgIpc) is 3.14. The van der Waals surface area contributed by atoms with Crippen LogP contribution in [0.15, 0.2) is 83.8 Å². The second kappa shape index (κ2) is 9.54. The molecule has 0 saturated heterocycles.